The molecule has 0 saturated heterocycles. The first kappa shape index (κ1) is 18.9. The first-order valence-corrected chi connectivity index (χ1v) is 8.99. The predicted octanol–water partition coefficient (Wildman–Crippen LogP) is 6.89. The molecule has 0 aromatic heterocycles. The van der Waals surface area contributed by atoms with Gasteiger partial charge in [-0.15, -0.1) is 5.11 Å². The lowest BCUT2D eigenvalue weighted by molar-refractivity contribution is 0.486. The summed E-state index contributed by atoms with van der Waals surface area (Å²) >= 11 is 0. The highest BCUT2D eigenvalue weighted by molar-refractivity contribution is 5.66. The Morgan fingerprint density at radius 3 is 2.04 bits per heavy atom. The summed E-state index contributed by atoms with van der Waals surface area (Å²) in [5, 5.41) is 10.6. The van der Waals surface area contributed by atoms with Crippen molar-refractivity contribution < 1.29 is 0 Å². The van der Waals surface area contributed by atoms with E-state index in [1.54, 1.807) is 0 Å². The molecule has 0 heterocycles. The maximum Gasteiger partial charge on any atom is 0.0611 e. The Kier molecular flexibility index (Phi) is 6.51. The third kappa shape index (κ3) is 5.28. The Morgan fingerprint density at radius 1 is 0.920 bits per heavy atom. The van der Waals surface area contributed by atoms with Crippen molar-refractivity contribution in [2.75, 3.05) is 11.6 Å². The molecule has 132 valence electrons. The summed E-state index contributed by atoms with van der Waals surface area (Å²) in [7, 11) is 0. The minimum absolute atomic E-state index is 0.127. The molecule has 0 atom stereocenters. The van der Waals surface area contributed by atoms with Gasteiger partial charge in [0.15, 0.2) is 0 Å². The van der Waals surface area contributed by atoms with Gasteiger partial charge in [0.05, 0.1) is 11.9 Å². The largest absolute Gasteiger partial charge is 0.247 e. The number of allylic oxidation sites excluding steroid dienone is 1. The van der Waals surface area contributed by atoms with Gasteiger partial charge in [0, 0.05) is 6.54 Å². The zero-order chi connectivity index (χ0) is 18.3. The zero-order valence-electron chi connectivity index (χ0n) is 16.0. The molecule has 0 aliphatic heterocycles. The second-order valence-corrected chi connectivity index (χ2v) is 7.09. The van der Waals surface area contributed by atoms with Crippen molar-refractivity contribution in [3.63, 3.8) is 0 Å². The standard InChI is InChI=1S/C22H29N3/c1-6-20(22(3,4)5)17-23-24-25(7-2)21-15-13-19(14-16-21)18-11-9-8-10-12-18/h8-17H,6-7H2,1-5H3/b20-17+,24-23?. The average molecular weight is 335 g/mol. The van der Waals surface area contributed by atoms with Crippen LogP contribution in [0.3, 0.4) is 0 Å². The summed E-state index contributed by atoms with van der Waals surface area (Å²) in [4.78, 5) is 0. The van der Waals surface area contributed by atoms with E-state index in [-0.39, 0.29) is 5.41 Å². The Morgan fingerprint density at radius 2 is 1.52 bits per heavy atom. The molecule has 0 aliphatic rings. The van der Waals surface area contributed by atoms with E-state index in [0.717, 1.165) is 18.7 Å². The van der Waals surface area contributed by atoms with Crippen LogP contribution in [0.4, 0.5) is 5.69 Å². The van der Waals surface area contributed by atoms with E-state index < -0.39 is 0 Å². The van der Waals surface area contributed by atoms with Gasteiger partial charge in [-0.2, -0.15) is 0 Å². The van der Waals surface area contributed by atoms with Gasteiger partial charge in [0.25, 0.3) is 0 Å². The summed E-state index contributed by atoms with van der Waals surface area (Å²) in [6.45, 7) is 11.6. The fraction of sp³-hybridized carbons (Fsp3) is 0.364. The third-order valence-electron chi connectivity index (χ3n) is 4.29. The minimum atomic E-state index is 0.127. The van der Waals surface area contributed by atoms with Gasteiger partial charge in [0.1, 0.15) is 0 Å². The zero-order valence-corrected chi connectivity index (χ0v) is 16.0. The number of anilines is 1. The number of hydrogen-bond acceptors (Lipinski definition) is 2. The Hall–Kier alpha value is -2.42. The molecule has 0 spiro atoms. The van der Waals surface area contributed by atoms with Crippen LogP contribution in [0.15, 0.2) is 76.7 Å². The second-order valence-electron chi connectivity index (χ2n) is 7.09. The molecule has 3 nitrogen and oxygen atoms in total. The van der Waals surface area contributed by atoms with E-state index in [1.807, 2.05) is 17.3 Å². The molecule has 0 aliphatic carbocycles. The quantitative estimate of drug-likeness (QED) is 0.417. The lowest BCUT2D eigenvalue weighted by Gasteiger charge is -2.21. The van der Waals surface area contributed by atoms with Gasteiger partial charge in [-0.25, -0.2) is 5.01 Å². The smallest absolute Gasteiger partial charge is 0.0611 e. The fourth-order valence-corrected chi connectivity index (χ4v) is 2.73. The number of nitrogens with zero attached hydrogens (tertiary/aromatic N) is 3. The van der Waals surface area contributed by atoms with E-state index in [0.29, 0.717) is 0 Å². The normalized spacial score (nSPS) is 12.6. The lowest BCUT2D eigenvalue weighted by Crippen LogP contribution is -2.14. The average Bonchev–Trinajstić information content (AvgIpc) is 2.62. The summed E-state index contributed by atoms with van der Waals surface area (Å²) < 4.78 is 0. The molecule has 2 aromatic rings. The molecule has 0 amide bonds. The fourth-order valence-electron chi connectivity index (χ4n) is 2.73. The monoisotopic (exact) mass is 335 g/mol. The van der Waals surface area contributed by atoms with Crippen LogP contribution in [0.2, 0.25) is 0 Å². The molecule has 2 aromatic carbocycles. The van der Waals surface area contributed by atoms with Crippen molar-refractivity contribution in [3.8, 4) is 11.1 Å². The first-order valence-electron chi connectivity index (χ1n) is 8.99. The van der Waals surface area contributed by atoms with Crippen molar-refractivity contribution in [3.05, 3.63) is 66.4 Å². The van der Waals surface area contributed by atoms with Crippen LogP contribution in [-0.2, 0) is 0 Å². The van der Waals surface area contributed by atoms with Crippen molar-refractivity contribution >= 4 is 5.69 Å². The first-order chi connectivity index (χ1) is 12.0. The summed E-state index contributed by atoms with van der Waals surface area (Å²) in [5.74, 6) is 0. The summed E-state index contributed by atoms with van der Waals surface area (Å²) in [5.41, 5.74) is 4.90. The molecule has 0 N–H and O–H groups in total. The van der Waals surface area contributed by atoms with Gasteiger partial charge in [0.2, 0.25) is 0 Å². The Labute approximate surface area is 152 Å². The highest BCUT2D eigenvalue weighted by Crippen LogP contribution is 2.28. The molecule has 0 radical (unpaired) electrons. The maximum atomic E-state index is 4.40. The van der Waals surface area contributed by atoms with Crippen LogP contribution < -0.4 is 5.01 Å². The van der Waals surface area contributed by atoms with E-state index in [2.05, 4.69) is 93.5 Å². The maximum absolute atomic E-state index is 4.40. The molecular weight excluding hydrogens is 306 g/mol. The minimum Gasteiger partial charge on any atom is -0.247 e. The van der Waals surface area contributed by atoms with Crippen LogP contribution >= 0.6 is 0 Å². The van der Waals surface area contributed by atoms with Crippen molar-refractivity contribution in [2.45, 2.75) is 41.0 Å². The highest BCUT2D eigenvalue weighted by Gasteiger charge is 2.14. The van der Waals surface area contributed by atoms with Gasteiger partial charge >= 0.3 is 0 Å². The van der Waals surface area contributed by atoms with Crippen molar-refractivity contribution in [1.82, 2.24) is 0 Å². The van der Waals surface area contributed by atoms with Crippen LogP contribution in [-0.4, -0.2) is 6.54 Å². The summed E-state index contributed by atoms with van der Waals surface area (Å²) in [6.07, 6.45) is 2.89. The molecule has 2 rings (SSSR count). The van der Waals surface area contributed by atoms with Crippen LogP contribution in [0, 0.1) is 5.41 Å². The van der Waals surface area contributed by atoms with Crippen molar-refractivity contribution in [2.24, 2.45) is 15.8 Å². The van der Waals surface area contributed by atoms with Crippen LogP contribution in [0.1, 0.15) is 41.0 Å². The molecular formula is C22H29N3. The van der Waals surface area contributed by atoms with Gasteiger partial charge in [-0.1, -0.05) is 75.4 Å². The SMILES string of the molecule is CC/C(=C\N=NN(CC)c1ccc(-c2ccccc2)cc1)C(C)(C)C. The van der Waals surface area contributed by atoms with Crippen LogP contribution in [0.5, 0.6) is 0 Å². The van der Waals surface area contributed by atoms with E-state index in [9.17, 15) is 0 Å². The topological polar surface area (TPSA) is 28.0 Å². The lowest BCUT2D eigenvalue weighted by atomic mass is 9.86. The van der Waals surface area contributed by atoms with Crippen molar-refractivity contribution in [1.29, 1.82) is 0 Å². The molecule has 0 unspecified atom stereocenters. The Balaban J connectivity index is 2.15. The summed E-state index contributed by atoms with van der Waals surface area (Å²) in [6, 6.07) is 18.8. The highest BCUT2D eigenvalue weighted by atomic mass is 15.5. The number of rotatable bonds is 6. The Bertz CT molecular complexity index is 707. The third-order valence-corrected chi connectivity index (χ3v) is 4.29. The molecule has 0 bridgehead atoms. The van der Waals surface area contributed by atoms with Gasteiger partial charge in [-0.3, -0.25) is 0 Å². The van der Waals surface area contributed by atoms with E-state index in [4.69, 9.17) is 0 Å². The molecule has 0 fully saturated rings. The second kappa shape index (κ2) is 8.61. The molecule has 3 heteroatoms. The number of hydrogen-bond donors (Lipinski definition) is 0. The van der Waals surface area contributed by atoms with E-state index in [1.165, 1.54) is 16.7 Å². The number of benzene rings is 2. The molecule has 0 saturated carbocycles. The van der Waals surface area contributed by atoms with Gasteiger partial charge < -0.3 is 0 Å². The van der Waals surface area contributed by atoms with E-state index >= 15 is 0 Å². The van der Waals surface area contributed by atoms with Gasteiger partial charge in [-0.05, 0) is 47.6 Å². The van der Waals surface area contributed by atoms with Crippen LogP contribution in [0.25, 0.3) is 11.1 Å². The predicted molar refractivity (Wildman–Crippen MR) is 108 cm³/mol. The molecule has 25 heavy (non-hydrogen) atoms.